The van der Waals surface area contributed by atoms with Gasteiger partial charge in [-0.3, -0.25) is 0 Å². The summed E-state index contributed by atoms with van der Waals surface area (Å²) in [6.07, 6.45) is 4.29. The number of fused-ring (bicyclic) bond motifs is 2. The van der Waals surface area contributed by atoms with Crippen LogP contribution in [0.3, 0.4) is 0 Å². The molecule has 2 heterocycles. The van der Waals surface area contributed by atoms with Crippen LogP contribution in [0.2, 0.25) is 77.1 Å². The van der Waals surface area contributed by atoms with E-state index in [9.17, 15) is 9.59 Å². The summed E-state index contributed by atoms with van der Waals surface area (Å²) in [4.78, 5) is 26.8. The molecule has 3 aromatic rings. The van der Waals surface area contributed by atoms with Crippen LogP contribution in [0.25, 0.3) is 6.08 Å². The molecule has 73 heavy (non-hydrogen) atoms. The molecule has 3 aromatic carbocycles. The summed E-state index contributed by atoms with van der Waals surface area (Å²) in [6, 6.07) is 20.7. The minimum Gasteiger partial charge on any atom is -0.494 e. The zero-order chi connectivity index (χ0) is 54.1. The van der Waals surface area contributed by atoms with E-state index in [1.54, 1.807) is 33.1 Å². The number of carbonyl (C=O) groups is 2. The fraction of sp³-hybridized carbons (Fsp3) is 0.571. The number of hydrogen-bond acceptors (Lipinski definition) is 12. The standard InChI is InChI=1S/C30H45FO7Si.C26H40O5SeSi2/c1-19-15-24(31)20(2)28-25(37-30(4,5)38-28)12-10-11-22-16-23(34-13-14-39(7,8)9)17-26(35-18-33-6)27(22)29(32)36-21(19)3;1-28-20-31-24-18-22(29-13-15-33(2,3)4)17-21(19-32-23-11-9-8-10-12-23)25(24)26(27)30-14-16-34(5,6)7/h10-11,15-17,19-21,25,28H,12-14,18H2,1-9H3;8-12,17-18H,13-16,19-20H2,1-7H3/b11-10+,24-15+;/t19-,20?,21+,25?,28?;/m1./s1. The maximum Gasteiger partial charge on any atom is 0.342 e. The number of rotatable bonds is 21. The van der Waals surface area contributed by atoms with E-state index >= 15 is 4.39 Å². The van der Waals surface area contributed by atoms with Crippen LogP contribution in [0, 0.1) is 11.8 Å². The molecule has 1 saturated heterocycles. The third kappa shape index (κ3) is 21.4. The molecule has 0 radical (unpaired) electrons. The van der Waals surface area contributed by atoms with E-state index in [-0.39, 0.29) is 57.9 Å². The van der Waals surface area contributed by atoms with Gasteiger partial charge in [0.05, 0.1) is 18.8 Å². The predicted molar refractivity (Wildman–Crippen MR) is 299 cm³/mol. The van der Waals surface area contributed by atoms with Crippen molar-refractivity contribution >= 4 is 61.7 Å². The van der Waals surface area contributed by atoms with Gasteiger partial charge in [-0.2, -0.15) is 0 Å². The molecule has 3 unspecified atom stereocenters. The fourth-order valence-electron chi connectivity index (χ4n) is 7.57. The molecule has 0 saturated carbocycles. The second-order valence-electron chi connectivity index (χ2n) is 22.9. The third-order valence-corrected chi connectivity index (χ3v) is 19.4. The first-order chi connectivity index (χ1) is 34.2. The van der Waals surface area contributed by atoms with Gasteiger partial charge >= 0.3 is 220 Å². The van der Waals surface area contributed by atoms with Gasteiger partial charge in [0.1, 0.15) is 29.0 Å². The van der Waals surface area contributed by atoms with Gasteiger partial charge in [-0.1, -0.05) is 45.6 Å². The molecule has 0 aromatic heterocycles. The predicted octanol–water partition coefficient (Wildman–Crippen LogP) is 12.4. The van der Waals surface area contributed by atoms with Crippen molar-refractivity contribution in [1.82, 2.24) is 0 Å². The van der Waals surface area contributed by atoms with Crippen molar-refractivity contribution in [1.29, 1.82) is 0 Å². The topological polar surface area (TPSA) is 126 Å². The molecule has 0 amide bonds. The van der Waals surface area contributed by atoms with Gasteiger partial charge < -0.3 is 28.4 Å². The van der Waals surface area contributed by atoms with Crippen molar-refractivity contribution in [3.05, 3.63) is 94.8 Å². The molecular weight excluding hydrogens is 1050 g/mol. The van der Waals surface area contributed by atoms with Crippen LogP contribution in [-0.2, 0) is 33.7 Å². The molecule has 5 atom stereocenters. The quantitative estimate of drug-likeness (QED) is 0.0572. The maximum absolute atomic E-state index is 15.3. The molecule has 0 aliphatic carbocycles. The molecule has 0 N–H and O–H groups in total. The first kappa shape index (κ1) is 61.8. The Morgan fingerprint density at radius 2 is 1.32 bits per heavy atom. The van der Waals surface area contributed by atoms with Gasteiger partial charge in [0.2, 0.25) is 0 Å². The number of cyclic esters (lactones) is 1. The summed E-state index contributed by atoms with van der Waals surface area (Å²) in [5.41, 5.74) is 2.25. The van der Waals surface area contributed by atoms with Crippen LogP contribution in [0.4, 0.5) is 4.39 Å². The summed E-state index contributed by atoms with van der Waals surface area (Å²) in [5.74, 6) is -0.863. The smallest absolute Gasteiger partial charge is 0.342 e. The Morgan fingerprint density at radius 1 is 0.753 bits per heavy atom. The number of hydrogen-bond donors (Lipinski definition) is 0. The Balaban J connectivity index is 0.000000320. The number of esters is 2. The van der Waals surface area contributed by atoms with Crippen molar-refractivity contribution in [3.8, 4) is 23.0 Å². The summed E-state index contributed by atoms with van der Waals surface area (Å²) in [5, 5.41) is 0.740. The van der Waals surface area contributed by atoms with Crippen molar-refractivity contribution in [2.45, 2.75) is 148 Å². The Hall–Kier alpha value is -3.78. The maximum atomic E-state index is 15.3. The zero-order valence-electron chi connectivity index (χ0n) is 46.6. The number of halogens is 1. The van der Waals surface area contributed by atoms with Crippen LogP contribution >= 0.6 is 0 Å². The molecule has 406 valence electrons. The molecular formula is C56H85FO12SeSi3. The molecule has 17 heteroatoms. The SMILES string of the molecule is COCOc1cc(OCC[Si](C)(C)C)cc(C[Se]c2ccccc2)c1C(=O)OCC[Si](C)(C)C.COCOc1cc(OCC[Si](C)(C)C)cc2c1C(=O)O[C@@H](C)[C@H](C)/C=C(/F)C(C)C1OC(C)(C)OC1C/C=C/2. The van der Waals surface area contributed by atoms with E-state index in [1.807, 2.05) is 63.3 Å². The average molecular weight is 1130 g/mol. The van der Waals surface area contributed by atoms with E-state index in [0.717, 1.165) is 34.8 Å². The molecule has 12 nitrogen and oxygen atoms in total. The summed E-state index contributed by atoms with van der Waals surface area (Å²) in [6.45, 7) is 31.4. The minimum absolute atomic E-state index is 0.0520. The molecule has 0 bridgehead atoms. The van der Waals surface area contributed by atoms with Crippen molar-refractivity contribution in [3.63, 3.8) is 0 Å². The fourth-order valence-corrected chi connectivity index (χ4v) is 11.6. The number of benzene rings is 3. The zero-order valence-corrected chi connectivity index (χ0v) is 51.3. The van der Waals surface area contributed by atoms with E-state index in [4.69, 9.17) is 47.4 Å². The van der Waals surface area contributed by atoms with Crippen LogP contribution < -0.4 is 23.4 Å². The Kier molecular flexibility index (Phi) is 24.0. The Morgan fingerprint density at radius 3 is 1.90 bits per heavy atom. The van der Waals surface area contributed by atoms with Gasteiger partial charge in [-0.15, -0.1) is 0 Å². The molecule has 5 rings (SSSR count). The van der Waals surface area contributed by atoms with E-state index in [0.29, 0.717) is 54.6 Å². The summed E-state index contributed by atoms with van der Waals surface area (Å²) >= 11 is 0.157. The Bertz CT molecular complexity index is 2290. The molecule has 2 aliphatic rings. The summed E-state index contributed by atoms with van der Waals surface area (Å²) in [7, 11) is -0.756. The third-order valence-electron chi connectivity index (χ3n) is 12.1. The van der Waals surface area contributed by atoms with Crippen molar-refractivity contribution < 1.29 is 61.3 Å². The second-order valence-corrected chi connectivity index (χ2v) is 42.0. The monoisotopic (exact) mass is 1130 g/mol. The normalized spacial score (nSPS) is 21.4. The molecule has 2 aliphatic heterocycles. The molecule has 1 fully saturated rings. The van der Waals surface area contributed by atoms with Gasteiger partial charge in [0.25, 0.3) is 0 Å². The molecule has 0 spiro atoms. The van der Waals surface area contributed by atoms with Gasteiger partial charge in [0, 0.05) is 33.1 Å². The van der Waals surface area contributed by atoms with E-state index in [2.05, 4.69) is 71.1 Å². The first-order valence-corrected chi connectivity index (χ1v) is 38.7. The van der Waals surface area contributed by atoms with E-state index in [1.165, 1.54) is 17.6 Å². The van der Waals surface area contributed by atoms with Crippen LogP contribution in [0.5, 0.6) is 23.0 Å². The number of ether oxygens (including phenoxy) is 10. The minimum atomic E-state index is -1.31. The van der Waals surface area contributed by atoms with E-state index < -0.39 is 54.1 Å². The first-order valence-electron chi connectivity index (χ1n) is 25.5. The largest absolute Gasteiger partial charge is 0.494 e. The van der Waals surface area contributed by atoms with Gasteiger partial charge in [-0.05, 0) is 50.9 Å². The number of carbonyl (C=O) groups excluding carboxylic acids is 2. The van der Waals surface area contributed by atoms with Crippen molar-refractivity contribution in [2.24, 2.45) is 11.8 Å². The van der Waals surface area contributed by atoms with Gasteiger partial charge in [-0.25, -0.2) is 9.18 Å². The van der Waals surface area contributed by atoms with Crippen LogP contribution in [0.15, 0.2) is 72.6 Å². The van der Waals surface area contributed by atoms with Crippen LogP contribution in [0.1, 0.15) is 72.9 Å². The van der Waals surface area contributed by atoms with Gasteiger partial charge in [0.15, 0.2) is 12.6 Å². The second kappa shape index (κ2) is 28.4. The number of methoxy groups -OCH3 is 2. The average Bonchev–Trinajstić information content (AvgIpc) is 3.61. The van der Waals surface area contributed by atoms with Crippen LogP contribution in [-0.4, -0.2) is 123 Å². The summed E-state index contributed by atoms with van der Waals surface area (Å²) < 4.78 is 74.6. The van der Waals surface area contributed by atoms with Crippen molar-refractivity contribution in [2.75, 3.05) is 47.6 Å². The Labute approximate surface area is 445 Å².